The van der Waals surface area contributed by atoms with Gasteiger partial charge in [-0.2, -0.15) is 29.6 Å². The Hall–Kier alpha value is -4.99. The van der Waals surface area contributed by atoms with Gasteiger partial charge in [-0.1, -0.05) is 68.9 Å². The summed E-state index contributed by atoms with van der Waals surface area (Å²) in [5, 5.41) is 3.29. The van der Waals surface area contributed by atoms with Gasteiger partial charge in [-0.25, -0.2) is 13.4 Å². The van der Waals surface area contributed by atoms with E-state index in [-0.39, 0.29) is 77.6 Å². The number of sulfonamides is 1. The standard InChI is InChI=1S/C49H55N3O12S4/c1-28-23-30(3)48(67(58,59)60)32(5)46(28)50-34-21-22-37-41(25-34)64-42-27-40(51-47-29(2)24-31(4)49(33(47)6)68(61,62)63)44(66(55,56)57)26-39(42)45(37)38-19-13-14-20-43(38)65(53,54)52(35-15-9-7-10-16-35)36-17-11-8-12-18-36/h13-14,19-27,35-36,50H,7-12,15-18H2,1-6H3,(H,55,56,57)(H,58,59,60)(H,61,62,63). The molecule has 4 N–H and O–H groups in total. The Balaban J connectivity index is 1.45. The molecule has 4 aliphatic rings. The number of hydrogen-bond donors (Lipinski definition) is 4. The van der Waals surface area contributed by atoms with Gasteiger partial charge in [-0.05, 0) is 125 Å². The molecule has 0 unspecified atom stereocenters. The van der Waals surface area contributed by atoms with Gasteiger partial charge < -0.3 is 9.73 Å². The maximum atomic E-state index is 15.5. The number of anilines is 2. The van der Waals surface area contributed by atoms with E-state index >= 15 is 8.42 Å². The average Bonchev–Trinajstić information content (AvgIpc) is 3.24. The molecule has 19 heteroatoms. The molecule has 4 aromatic carbocycles. The van der Waals surface area contributed by atoms with Crippen LogP contribution >= 0.6 is 0 Å². The lowest BCUT2D eigenvalue weighted by molar-refractivity contribution is 0.170. The van der Waals surface area contributed by atoms with Gasteiger partial charge in [0.1, 0.15) is 26.0 Å². The molecule has 15 nitrogen and oxygen atoms in total. The van der Waals surface area contributed by atoms with Crippen molar-refractivity contribution in [1.29, 1.82) is 0 Å². The number of hydrogen-bond acceptors (Lipinski definition) is 11. The molecule has 68 heavy (non-hydrogen) atoms. The van der Waals surface area contributed by atoms with E-state index in [2.05, 4.69) is 10.3 Å². The van der Waals surface area contributed by atoms with Crippen LogP contribution in [0, 0.1) is 41.5 Å². The van der Waals surface area contributed by atoms with Crippen LogP contribution in [0.1, 0.15) is 97.6 Å². The highest BCUT2D eigenvalue weighted by Crippen LogP contribution is 2.46. The van der Waals surface area contributed by atoms with Crippen molar-refractivity contribution in [3.8, 4) is 22.5 Å². The molecule has 4 aromatic rings. The van der Waals surface area contributed by atoms with Gasteiger partial charge in [0, 0.05) is 57.7 Å². The van der Waals surface area contributed by atoms with Gasteiger partial charge in [0.25, 0.3) is 30.4 Å². The third-order valence-electron chi connectivity index (χ3n) is 13.4. The van der Waals surface area contributed by atoms with Crippen LogP contribution in [0.15, 0.2) is 95.7 Å². The quantitative estimate of drug-likeness (QED) is 0.0699. The monoisotopic (exact) mass is 1010 g/mol. The number of rotatable bonds is 11. The number of fused-ring (bicyclic) bond motifs is 2. The molecule has 0 bridgehead atoms. The van der Waals surface area contributed by atoms with E-state index in [0.29, 0.717) is 33.5 Å². The van der Waals surface area contributed by atoms with Crippen molar-refractivity contribution < 1.29 is 51.7 Å². The van der Waals surface area contributed by atoms with E-state index in [0.717, 1.165) is 70.3 Å². The van der Waals surface area contributed by atoms with Crippen molar-refractivity contribution in [2.24, 2.45) is 4.99 Å². The first-order valence-electron chi connectivity index (χ1n) is 22.5. The summed E-state index contributed by atoms with van der Waals surface area (Å²) >= 11 is 0. The molecule has 0 atom stereocenters. The Morgan fingerprint density at radius 2 is 1.15 bits per heavy atom. The van der Waals surface area contributed by atoms with Gasteiger partial charge in [0.15, 0.2) is 0 Å². The van der Waals surface area contributed by atoms with Crippen LogP contribution in [0.3, 0.4) is 0 Å². The normalized spacial score (nSPS) is 16.3. The van der Waals surface area contributed by atoms with Crippen molar-refractivity contribution in [3.63, 3.8) is 0 Å². The zero-order valence-electron chi connectivity index (χ0n) is 38.6. The van der Waals surface area contributed by atoms with Gasteiger partial charge in [0.05, 0.1) is 15.9 Å². The Kier molecular flexibility index (Phi) is 13.4. The van der Waals surface area contributed by atoms with E-state index < -0.39 is 50.2 Å². The fourth-order valence-electron chi connectivity index (χ4n) is 10.7. The van der Waals surface area contributed by atoms with Crippen molar-refractivity contribution in [2.45, 2.75) is 137 Å². The molecule has 362 valence electrons. The zero-order chi connectivity index (χ0) is 49.2. The summed E-state index contributed by atoms with van der Waals surface area (Å²) in [4.78, 5) is 3.27. The lowest BCUT2D eigenvalue weighted by Crippen LogP contribution is -2.48. The summed E-state index contributed by atoms with van der Waals surface area (Å²) in [5.41, 5.74) is 3.60. The Morgan fingerprint density at radius 1 is 0.588 bits per heavy atom. The molecule has 1 heterocycles. The average molecular weight is 1010 g/mol. The van der Waals surface area contributed by atoms with Crippen LogP contribution in [0.5, 0.6) is 0 Å². The third-order valence-corrected chi connectivity index (χ3v) is 18.7. The lowest BCUT2D eigenvalue weighted by Gasteiger charge is -2.40. The van der Waals surface area contributed by atoms with Crippen LogP contribution in [0.2, 0.25) is 0 Å². The minimum atomic E-state index is -5.12. The van der Waals surface area contributed by atoms with E-state index in [1.54, 1.807) is 80.5 Å². The Labute approximate surface area is 398 Å². The maximum Gasteiger partial charge on any atom is 0.296 e. The first-order valence-corrected chi connectivity index (χ1v) is 28.3. The summed E-state index contributed by atoms with van der Waals surface area (Å²) in [7, 11) is -18.7. The van der Waals surface area contributed by atoms with Gasteiger partial charge in [-0.3, -0.25) is 13.7 Å². The van der Waals surface area contributed by atoms with E-state index in [1.807, 2.05) is 0 Å². The second-order valence-electron chi connectivity index (χ2n) is 18.2. The smallest absolute Gasteiger partial charge is 0.296 e. The fourth-order valence-corrected chi connectivity index (χ4v) is 15.4. The number of benzene rings is 5. The summed E-state index contributed by atoms with van der Waals surface area (Å²) in [6.07, 6.45) is 8.56. The maximum absolute atomic E-state index is 15.5. The van der Waals surface area contributed by atoms with Crippen molar-refractivity contribution in [1.82, 2.24) is 4.31 Å². The first kappa shape index (κ1) is 49.4. The highest BCUT2D eigenvalue weighted by atomic mass is 32.2. The molecule has 0 spiro atoms. The molecule has 0 aromatic heterocycles. The predicted octanol–water partition coefficient (Wildman–Crippen LogP) is 10.4. The summed E-state index contributed by atoms with van der Waals surface area (Å²) in [5.74, 6) is 0.00759. The topological polar surface area (TPSA) is 238 Å². The largest absolute Gasteiger partial charge is 0.456 e. The number of nitrogens with one attached hydrogen (secondary N) is 1. The lowest BCUT2D eigenvalue weighted by atomic mass is 9.91. The molecule has 0 saturated heterocycles. The first-order chi connectivity index (χ1) is 31.9. The summed E-state index contributed by atoms with van der Waals surface area (Å²) < 4.78 is 148. The van der Waals surface area contributed by atoms with Crippen LogP contribution in [0.25, 0.3) is 33.4 Å². The molecule has 2 saturated carbocycles. The molecule has 0 amide bonds. The van der Waals surface area contributed by atoms with Gasteiger partial charge in [-0.15, -0.1) is 0 Å². The van der Waals surface area contributed by atoms with Crippen LogP contribution in [-0.2, 0) is 40.4 Å². The van der Waals surface area contributed by atoms with E-state index in [1.165, 1.54) is 26.0 Å². The fraction of sp³-hybridized carbons (Fsp3) is 0.367. The van der Waals surface area contributed by atoms with Crippen molar-refractivity contribution >= 4 is 68.4 Å². The molecule has 3 aliphatic carbocycles. The zero-order valence-corrected chi connectivity index (χ0v) is 41.9. The van der Waals surface area contributed by atoms with Gasteiger partial charge >= 0.3 is 0 Å². The van der Waals surface area contributed by atoms with E-state index in [9.17, 15) is 38.9 Å². The SMILES string of the molecule is Cc1cc(C)c(S(=O)(=O)O)c(C)c1N=c1cc2oc3cc(Nc4c(C)cc(C)c(S(=O)(=O)O)c4C)ccc3c(-c3ccccc3S(=O)(=O)N(C3CCCCC3)C3CCCCC3)c-2cc1S(=O)(=O)O. The highest BCUT2D eigenvalue weighted by molar-refractivity contribution is 7.89. The second-order valence-corrected chi connectivity index (χ2v) is 24.2. The molecule has 0 radical (unpaired) electrons. The molecule has 2 fully saturated rings. The Morgan fingerprint density at radius 3 is 1.72 bits per heavy atom. The second kappa shape index (κ2) is 18.4. The molecule has 8 rings (SSSR count). The third kappa shape index (κ3) is 9.38. The number of nitrogens with zero attached hydrogens (tertiary/aromatic N) is 2. The highest BCUT2D eigenvalue weighted by Gasteiger charge is 2.40. The van der Waals surface area contributed by atoms with Crippen LogP contribution in [-0.4, -0.2) is 63.7 Å². The minimum absolute atomic E-state index is 0.00149. The van der Waals surface area contributed by atoms with Crippen LogP contribution < -0.4 is 10.7 Å². The number of aryl methyl sites for hydroxylation is 4. The van der Waals surface area contributed by atoms with E-state index in [4.69, 9.17) is 4.42 Å². The van der Waals surface area contributed by atoms with Crippen molar-refractivity contribution in [2.75, 3.05) is 5.32 Å². The summed E-state index contributed by atoms with van der Waals surface area (Å²) in [6, 6.07) is 16.6. The molecule has 1 aliphatic heterocycles. The van der Waals surface area contributed by atoms with Crippen LogP contribution in [0.4, 0.5) is 17.1 Å². The van der Waals surface area contributed by atoms with Crippen molar-refractivity contribution in [3.05, 3.63) is 105 Å². The molecular weight excluding hydrogens is 951 g/mol. The predicted molar refractivity (Wildman–Crippen MR) is 260 cm³/mol. The minimum Gasteiger partial charge on any atom is -0.456 e. The Bertz CT molecular complexity index is 3500. The molecular formula is C49H55N3O12S4. The summed E-state index contributed by atoms with van der Waals surface area (Å²) in [6.45, 7) is 9.47. The van der Waals surface area contributed by atoms with Gasteiger partial charge in [0.2, 0.25) is 10.0 Å².